The zero-order valence-corrected chi connectivity index (χ0v) is 41.2. The lowest BCUT2D eigenvalue weighted by molar-refractivity contribution is -0.385. The third kappa shape index (κ3) is 8.01. The van der Waals surface area contributed by atoms with Crippen LogP contribution in [0.5, 0.6) is 11.5 Å². The van der Waals surface area contributed by atoms with Crippen LogP contribution in [0.25, 0.3) is 0 Å². The number of nitro groups is 1. The monoisotopic (exact) mass is 988 g/mol. The minimum atomic E-state index is -2.15. The smallest absolute Gasteiger partial charge is 0.337 e. The maximum absolute atomic E-state index is 15.4. The van der Waals surface area contributed by atoms with E-state index in [-0.39, 0.29) is 42.8 Å². The highest BCUT2D eigenvalue weighted by Gasteiger charge is 2.76. The number of ether oxygens (including phenoxy) is 6. The summed E-state index contributed by atoms with van der Waals surface area (Å²) in [6, 6.07) is 27.7. The van der Waals surface area contributed by atoms with Gasteiger partial charge in [-0.3, -0.25) is 29.4 Å². The number of aliphatic hydroxyl groups is 3. The average Bonchev–Trinajstić information content (AvgIpc) is 3.74. The van der Waals surface area contributed by atoms with E-state index >= 15 is 9.59 Å². The third-order valence-electron chi connectivity index (χ3n) is 16.5. The molecule has 0 aromatic heterocycles. The van der Waals surface area contributed by atoms with E-state index in [1.54, 1.807) is 118 Å². The zero-order valence-electron chi connectivity index (χ0n) is 41.2. The highest BCUT2D eigenvalue weighted by atomic mass is 16.6. The van der Waals surface area contributed by atoms with Gasteiger partial charge in [-0.2, -0.15) is 0 Å². The first-order valence-electron chi connectivity index (χ1n) is 24.1. The molecule has 2 unspecified atom stereocenters. The Morgan fingerprint density at radius 1 is 0.917 bits per heavy atom. The summed E-state index contributed by atoms with van der Waals surface area (Å²) in [6.07, 6.45) is -9.23. The Morgan fingerprint density at radius 3 is 2.21 bits per heavy atom. The predicted molar refractivity (Wildman–Crippen MR) is 257 cm³/mol. The molecule has 4 fully saturated rings. The van der Waals surface area contributed by atoms with E-state index in [0.29, 0.717) is 33.8 Å². The molecule has 2 aliphatic heterocycles. The number of para-hydroxylation sites is 1. The molecule has 380 valence electrons. The molecule has 5 aliphatic rings. The van der Waals surface area contributed by atoms with Gasteiger partial charge in [0.15, 0.2) is 23.3 Å². The zero-order chi connectivity index (χ0) is 51.7. The standard InChI is InChI=1S/C55H60N2O15/c1-30-41(70-51(63)47-45(33-18-12-9-13-19-33)56(28-34-20-14-15-21-38(34)57(65)66)50(71-47)36-23-22-35(67-6)24-40(36)68-7)27-55(64)37(25-39(59)32-16-10-8-11-17-32)48-53(5,49(62)46(61)44(30)52(55,3)4)42(60)26-43-54(48,29-69-43)72-31(2)58/h8-24,37,41-43,45-48,50,60-61,64H,25-29H2,1-7H3/t37-,41-,42-,43+,45-,46+,47+,48?,50?,53+,54-,55+/m0/s1. The molecule has 9 rings (SSSR count). The van der Waals surface area contributed by atoms with Crippen LogP contribution in [0.1, 0.15) is 93.2 Å². The minimum Gasteiger partial charge on any atom is -0.497 e. The van der Waals surface area contributed by atoms with Crippen molar-refractivity contribution in [3.05, 3.63) is 147 Å². The molecule has 0 amide bonds. The molecule has 2 saturated heterocycles. The van der Waals surface area contributed by atoms with Crippen molar-refractivity contribution in [2.45, 2.75) is 114 Å². The van der Waals surface area contributed by atoms with Gasteiger partial charge in [0, 0.05) is 78.8 Å². The van der Waals surface area contributed by atoms with E-state index in [0.717, 1.165) is 0 Å². The van der Waals surface area contributed by atoms with Crippen LogP contribution < -0.4 is 9.47 Å². The van der Waals surface area contributed by atoms with E-state index < -0.39 is 112 Å². The highest BCUT2D eigenvalue weighted by molar-refractivity contribution is 5.97. The summed E-state index contributed by atoms with van der Waals surface area (Å²) in [5, 5.41) is 51.1. The molecule has 17 nitrogen and oxygen atoms in total. The molecule has 3 N–H and O–H groups in total. The summed E-state index contributed by atoms with van der Waals surface area (Å²) in [7, 11) is 2.97. The molecule has 17 heteroatoms. The molecule has 2 bridgehead atoms. The SMILES string of the molecule is COc1ccc(C2O[C@@H](C(=O)O[C@H]3C[C@@]4(O)[C@@H](CC(=O)c5ccccc5)C5[C@](C)(C(=O)[C@H](O)C(=C3C)C4(C)C)[C@@H](O)C[C@H]3OC[C@@]53OC(C)=O)[C@H](c3ccccc3)N2Cc2ccccc2[N+](=O)[O-])c(OC)c1. The Balaban J connectivity index is 1.19. The number of hydrogen-bond acceptors (Lipinski definition) is 16. The Labute approximate surface area is 416 Å². The van der Waals surface area contributed by atoms with Gasteiger partial charge >= 0.3 is 11.9 Å². The van der Waals surface area contributed by atoms with Gasteiger partial charge in [0.05, 0.1) is 48.9 Å². The van der Waals surface area contributed by atoms with E-state index in [4.69, 9.17) is 28.4 Å². The Hall–Kier alpha value is -6.34. The van der Waals surface area contributed by atoms with Crippen molar-refractivity contribution >= 4 is 29.2 Å². The van der Waals surface area contributed by atoms with E-state index in [1.807, 2.05) is 4.90 Å². The number of benzene rings is 4. The third-order valence-corrected chi connectivity index (χ3v) is 16.5. The summed E-state index contributed by atoms with van der Waals surface area (Å²) in [6.45, 7) is 7.32. The number of rotatable bonds is 13. The van der Waals surface area contributed by atoms with Gasteiger partial charge in [0.2, 0.25) is 0 Å². The number of carbonyl (C=O) groups excluding carboxylic acids is 4. The van der Waals surface area contributed by atoms with Crippen molar-refractivity contribution in [2.75, 3.05) is 20.8 Å². The number of esters is 2. The molecular weight excluding hydrogens is 929 g/mol. The van der Waals surface area contributed by atoms with Crippen molar-refractivity contribution < 1.29 is 67.8 Å². The fourth-order valence-corrected chi connectivity index (χ4v) is 12.9. The number of Topliss-reactive ketones (excluding diaryl/α,β-unsaturated/α-hetero) is 2. The van der Waals surface area contributed by atoms with Crippen LogP contribution in [-0.2, 0) is 39.9 Å². The number of ketones is 2. The largest absolute Gasteiger partial charge is 0.497 e. The molecular formula is C55H60N2O15. The molecule has 4 aromatic rings. The maximum Gasteiger partial charge on any atom is 0.337 e. The lowest BCUT2D eigenvalue weighted by Crippen LogP contribution is -2.80. The van der Waals surface area contributed by atoms with Crippen molar-refractivity contribution in [3.8, 4) is 11.5 Å². The Kier molecular flexibility index (Phi) is 13.3. The van der Waals surface area contributed by atoms with Crippen molar-refractivity contribution in [2.24, 2.45) is 22.7 Å². The van der Waals surface area contributed by atoms with Gasteiger partial charge in [-0.15, -0.1) is 0 Å². The number of hydrogen-bond donors (Lipinski definition) is 3. The number of nitro benzene ring substituents is 1. The summed E-state index contributed by atoms with van der Waals surface area (Å²) in [4.78, 5) is 72.4. The quantitative estimate of drug-likeness (QED) is 0.0423. The van der Waals surface area contributed by atoms with Crippen molar-refractivity contribution in [3.63, 3.8) is 0 Å². The fourth-order valence-electron chi connectivity index (χ4n) is 12.9. The molecule has 72 heavy (non-hydrogen) atoms. The Morgan fingerprint density at radius 2 is 1.58 bits per heavy atom. The van der Waals surface area contributed by atoms with Gasteiger partial charge in [-0.05, 0) is 42.7 Å². The van der Waals surface area contributed by atoms with Crippen LogP contribution in [0.4, 0.5) is 5.69 Å². The van der Waals surface area contributed by atoms with Crippen LogP contribution in [0, 0.1) is 32.8 Å². The van der Waals surface area contributed by atoms with E-state index in [2.05, 4.69) is 0 Å². The van der Waals surface area contributed by atoms with E-state index in [1.165, 1.54) is 34.1 Å². The summed E-state index contributed by atoms with van der Waals surface area (Å²) >= 11 is 0. The first kappa shape index (κ1) is 50.6. The topological polar surface area (TPSA) is 231 Å². The number of fused-ring (bicyclic) bond motifs is 5. The first-order chi connectivity index (χ1) is 34.2. The Bertz CT molecular complexity index is 2820. The fraction of sp³-hybridized carbons (Fsp3) is 0.455. The maximum atomic E-state index is 15.4. The highest BCUT2D eigenvalue weighted by Crippen LogP contribution is 2.66. The normalized spacial score (nSPS) is 32.8. The minimum absolute atomic E-state index is 0.0439. The van der Waals surface area contributed by atoms with Crippen LogP contribution in [0.3, 0.4) is 0 Å². The van der Waals surface area contributed by atoms with Gasteiger partial charge < -0.3 is 43.7 Å². The van der Waals surface area contributed by atoms with Crippen molar-refractivity contribution in [1.82, 2.24) is 4.90 Å². The lowest BCUT2D eigenvalue weighted by atomic mass is 9.42. The summed E-state index contributed by atoms with van der Waals surface area (Å²) in [5.74, 6) is -4.68. The van der Waals surface area contributed by atoms with Gasteiger partial charge in [0.25, 0.3) is 5.69 Å². The molecule has 0 radical (unpaired) electrons. The number of aliphatic hydroxyl groups excluding tert-OH is 2. The summed E-state index contributed by atoms with van der Waals surface area (Å²) in [5.41, 5.74) is -5.38. The molecule has 2 heterocycles. The van der Waals surface area contributed by atoms with Crippen LogP contribution in [-0.4, -0.2) is 111 Å². The predicted octanol–water partition coefficient (Wildman–Crippen LogP) is 6.56. The second kappa shape index (κ2) is 18.9. The molecule has 0 spiro atoms. The van der Waals surface area contributed by atoms with Crippen LogP contribution >= 0.6 is 0 Å². The lowest BCUT2D eigenvalue weighted by Gasteiger charge is -2.68. The molecule has 3 aliphatic carbocycles. The van der Waals surface area contributed by atoms with Gasteiger partial charge in [-0.1, -0.05) is 92.7 Å². The molecule has 2 saturated carbocycles. The second-order valence-corrected chi connectivity index (χ2v) is 20.4. The number of nitrogens with zero attached hydrogens (tertiary/aromatic N) is 2. The molecule has 12 atom stereocenters. The van der Waals surface area contributed by atoms with E-state index in [9.17, 15) is 35.0 Å². The molecule has 4 aromatic carbocycles. The van der Waals surface area contributed by atoms with Crippen LogP contribution in [0.15, 0.2) is 114 Å². The second-order valence-electron chi connectivity index (χ2n) is 20.4. The van der Waals surface area contributed by atoms with Gasteiger partial charge in [0.1, 0.15) is 36.0 Å². The van der Waals surface area contributed by atoms with Gasteiger partial charge in [-0.25, -0.2) is 4.79 Å². The first-order valence-corrected chi connectivity index (χ1v) is 24.1. The average molecular weight is 989 g/mol. The summed E-state index contributed by atoms with van der Waals surface area (Å²) < 4.78 is 36.9. The van der Waals surface area contributed by atoms with Crippen LogP contribution in [0.2, 0.25) is 0 Å². The number of carbonyl (C=O) groups is 4. The number of methoxy groups -OCH3 is 2. The van der Waals surface area contributed by atoms with Crippen molar-refractivity contribution in [1.29, 1.82) is 0 Å².